The first-order chi connectivity index (χ1) is 9.13. The molecule has 0 bridgehead atoms. The molecule has 1 rings (SSSR count). The van der Waals surface area contributed by atoms with Gasteiger partial charge >= 0.3 is 0 Å². The molecule has 0 aliphatic heterocycles. The number of aryl methyl sites for hydroxylation is 2. The van der Waals surface area contributed by atoms with Crippen molar-refractivity contribution in [3.05, 3.63) is 17.0 Å². The van der Waals surface area contributed by atoms with Crippen LogP contribution in [0.5, 0.6) is 0 Å². The molecule has 0 aliphatic rings. The average Bonchev–Trinajstić information content (AvgIpc) is 2.68. The van der Waals surface area contributed by atoms with Crippen molar-refractivity contribution in [2.24, 2.45) is 0 Å². The van der Waals surface area contributed by atoms with E-state index in [1.54, 1.807) is 0 Å². The van der Waals surface area contributed by atoms with Crippen molar-refractivity contribution >= 4 is 0 Å². The van der Waals surface area contributed by atoms with Crippen LogP contribution in [-0.4, -0.2) is 22.4 Å². The van der Waals surface area contributed by atoms with Gasteiger partial charge in [0.05, 0.1) is 5.69 Å². The molecule has 0 saturated heterocycles. The molecule has 1 aromatic rings. The molecule has 0 fully saturated rings. The summed E-state index contributed by atoms with van der Waals surface area (Å²) in [5, 5.41) is 8.28. The Hall–Kier alpha value is -0.830. The Morgan fingerprint density at radius 3 is 2.47 bits per heavy atom. The smallest absolute Gasteiger partial charge is 0.0628 e. The second-order valence-electron chi connectivity index (χ2n) is 5.43. The minimum absolute atomic E-state index is 0.669. The molecule has 3 heteroatoms. The molecule has 1 unspecified atom stereocenters. The van der Waals surface area contributed by atoms with Gasteiger partial charge in [0.25, 0.3) is 0 Å². The average molecular weight is 265 g/mol. The number of rotatable bonds is 9. The Morgan fingerprint density at radius 2 is 1.95 bits per heavy atom. The highest BCUT2D eigenvalue weighted by molar-refractivity contribution is 5.24. The number of nitrogens with zero attached hydrogens (tertiary/aromatic N) is 2. The van der Waals surface area contributed by atoms with Gasteiger partial charge in [-0.25, -0.2) is 0 Å². The summed E-state index contributed by atoms with van der Waals surface area (Å²) < 4.78 is 2.20. The predicted octanol–water partition coefficient (Wildman–Crippen LogP) is 3.62. The maximum absolute atomic E-state index is 4.66. The van der Waals surface area contributed by atoms with Crippen LogP contribution in [0.3, 0.4) is 0 Å². The summed E-state index contributed by atoms with van der Waals surface area (Å²) in [4.78, 5) is 0. The van der Waals surface area contributed by atoms with Crippen molar-refractivity contribution in [1.82, 2.24) is 15.1 Å². The fraction of sp³-hybridized carbons (Fsp3) is 0.812. The second-order valence-corrected chi connectivity index (χ2v) is 5.43. The van der Waals surface area contributed by atoms with Gasteiger partial charge in [-0.2, -0.15) is 5.10 Å². The molecular weight excluding hydrogens is 234 g/mol. The van der Waals surface area contributed by atoms with Gasteiger partial charge in [-0.3, -0.25) is 4.68 Å². The zero-order chi connectivity index (χ0) is 14.3. The van der Waals surface area contributed by atoms with Crippen molar-refractivity contribution in [2.75, 3.05) is 6.54 Å². The summed E-state index contributed by atoms with van der Waals surface area (Å²) in [7, 11) is 0. The SMILES string of the molecule is CCCNC(CC)CCCn1nc(C)c(CC)c1C. The van der Waals surface area contributed by atoms with Gasteiger partial charge < -0.3 is 5.32 Å². The van der Waals surface area contributed by atoms with Crippen LogP contribution in [-0.2, 0) is 13.0 Å². The third kappa shape index (κ3) is 4.64. The van der Waals surface area contributed by atoms with Crippen LogP contribution in [0.15, 0.2) is 0 Å². The highest BCUT2D eigenvalue weighted by atomic mass is 15.3. The third-order valence-electron chi connectivity index (χ3n) is 3.98. The van der Waals surface area contributed by atoms with Crippen LogP contribution in [0, 0.1) is 13.8 Å². The largest absolute Gasteiger partial charge is 0.314 e. The lowest BCUT2D eigenvalue weighted by Crippen LogP contribution is -2.29. The van der Waals surface area contributed by atoms with Gasteiger partial charge in [0.15, 0.2) is 0 Å². The molecular formula is C16H31N3. The van der Waals surface area contributed by atoms with Crippen LogP contribution in [0.25, 0.3) is 0 Å². The molecule has 1 aromatic heterocycles. The number of aromatic nitrogens is 2. The Morgan fingerprint density at radius 1 is 1.21 bits per heavy atom. The first-order valence-electron chi connectivity index (χ1n) is 7.90. The molecule has 0 saturated carbocycles. The zero-order valence-corrected chi connectivity index (χ0v) is 13.4. The van der Waals surface area contributed by atoms with Crippen LogP contribution in [0.4, 0.5) is 0 Å². The van der Waals surface area contributed by atoms with Gasteiger partial charge in [0, 0.05) is 18.3 Å². The quantitative estimate of drug-likeness (QED) is 0.739. The van der Waals surface area contributed by atoms with E-state index < -0.39 is 0 Å². The van der Waals surface area contributed by atoms with Crippen LogP contribution >= 0.6 is 0 Å². The summed E-state index contributed by atoms with van der Waals surface area (Å²) in [6, 6.07) is 0.669. The molecule has 0 amide bonds. The molecule has 19 heavy (non-hydrogen) atoms. The first-order valence-corrected chi connectivity index (χ1v) is 7.90. The van der Waals surface area contributed by atoms with Crippen molar-refractivity contribution in [1.29, 1.82) is 0 Å². The molecule has 1 N–H and O–H groups in total. The van der Waals surface area contributed by atoms with E-state index in [4.69, 9.17) is 0 Å². The summed E-state index contributed by atoms with van der Waals surface area (Å²) in [6.45, 7) is 13.2. The maximum atomic E-state index is 4.66. The summed E-state index contributed by atoms with van der Waals surface area (Å²) in [6.07, 6.45) is 5.98. The van der Waals surface area contributed by atoms with Crippen molar-refractivity contribution in [3.8, 4) is 0 Å². The van der Waals surface area contributed by atoms with Crippen LogP contribution < -0.4 is 5.32 Å². The Kier molecular flexibility index (Phi) is 7.14. The first kappa shape index (κ1) is 16.2. The molecule has 1 atom stereocenters. The maximum Gasteiger partial charge on any atom is 0.0628 e. The number of hydrogen-bond acceptors (Lipinski definition) is 2. The minimum atomic E-state index is 0.669. The summed E-state index contributed by atoms with van der Waals surface area (Å²) in [5.74, 6) is 0. The van der Waals surface area contributed by atoms with Gasteiger partial charge in [0.2, 0.25) is 0 Å². The van der Waals surface area contributed by atoms with E-state index in [2.05, 4.69) is 49.7 Å². The molecule has 1 heterocycles. The topological polar surface area (TPSA) is 29.9 Å². The van der Waals surface area contributed by atoms with Gasteiger partial charge in [0.1, 0.15) is 0 Å². The van der Waals surface area contributed by atoms with E-state index in [1.807, 2.05) is 0 Å². The highest BCUT2D eigenvalue weighted by Gasteiger charge is 2.10. The standard InChI is InChI=1S/C16H31N3/c1-6-11-17-15(7-2)10-9-12-19-14(5)16(8-3)13(4)18-19/h15,17H,6-12H2,1-5H3. The molecule has 110 valence electrons. The molecule has 3 nitrogen and oxygen atoms in total. The highest BCUT2D eigenvalue weighted by Crippen LogP contribution is 2.14. The van der Waals surface area contributed by atoms with Gasteiger partial charge in [-0.1, -0.05) is 20.8 Å². The van der Waals surface area contributed by atoms with E-state index in [1.165, 1.54) is 42.6 Å². The lowest BCUT2D eigenvalue weighted by atomic mass is 10.1. The molecule has 0 aromatic carbocycles. The monoisotopic (exact) mass is 265 g/mol. The third-order valence-corrected chi connectivity index (χ3v) is 3.98. The second kappa shape index (κ2) is 8.36. The Balaban J connectivity index is 2.44. The lowest BCUT2D eigenvalue weighted by Gasteiger charge is -2.16. The molecule has 0 spiro atoms. The van der Waals surface area contributed by atoms with Crippen molar-refractivity contribution in [2.45, 2.75) is 79.3 Å². The zero-order valence-electron chi connectivity index (χ0n) is 13.4. The van der Waals surface area contributed by atoms with E-state index in [0.717, 1.165) is 19.5 Å². The number of hydrogen-bond donors (Lipinski definition) is 1. The van der Waals surface area contributed by atoms with Crippen LogP contribution in [0.1, 0.15) is 63.4 Å². The summed E-state index contributed by atoms with van der Waals surface area (Å²) >= 11 is 0. The number of nitrogens with one attached hydrogen (secondary N) is 1. The predicted molar refractivity (Wildman–Crippen MR) is 82.7 cm³/mol. The fourth-order valence-electron chi connectivity index (χ4n) is 2.75. The summed E-state index contributed by atoms with van der Waals surface area (Å²) in [5.41, 5.74) is 3.99. The van der Waals surface area contributed by atoms with Gasteiger partial charge in [-0.15, -0.1) is 0 Å². The van der Waals surface area contributed by atoms with E-state index in [0.29, 0.717) is 6.04 Å². The molecule has 0 aliphatic carbocycles. The minimum Gasteiger partial charge on any atom is -0.314 e. The van der Waals surface area contributed by atoms with Crippen molar-refractivity contribution in [3.63, 3.8) is 0 Å². The Labute approximate surface area is 118 Å². The van der Waals surface area contributed by atoms with E-state index >= 15 is 0 Å². The van der Waals surface area contributed by atoms with Crippen molar-refractivity contribution < 1.29 is 0 Å². The fourth-order valence-corrected chi connectivity index (χ4v) is 2.75. The van der Waals surface area contributed by atoms with Gasteiger partial charge in [-0.05, 0) is 58.1 Å². The molecule has 0 radical (unpaired) electrons. The Bertz CT molecular complexity index is 368. The van der Waals surface area contributed by atoms with E-state index in [-0.39, 0.29) is 0 Å². The van der Waals surface area contributed by atoms with E-state index in [9.17, 15) is 0 Å². The van der Waals surface area contributed by atoms with Crippen LogP contribution in [0.2, 0.25) is 0 Å². The normalized spacial score (nSPS) is 12.9. The lowest BCUT2D eigenvalue weighted by molar-refractivity contribution is 0.429.